The number of nitrogens with zero attached hydrogens (tertiary/aromatic N) is 1. The van der Waals surface area contributed by atoms with E-state index in [1.807, 2.05) is 98.8 Å². The first kappa shape index (κ1) is 23.1. The molecule has 0 saturated carbocycles. The molecular weight excluding hydrogens is 428 g/mol. The predicted octanol–water partition coefficient (Wildman–Crippen LogP) is 5.14. The van der Waals surface area contributed by atoms with Crippen LogP contribution < -0.4 is 10.4 Å². The van der Waals surface area contributed by atoms with E-state index >= 15 is 0 Å². The molecule has 0 saturated heterocycles. The summed E-state index contributed by atoms with van der Waals surface area (Å²) in [5.41, 5.74) is 2.73. The van der Waals surface area contributed by atoms with Gasteiger partial charge in [-0.1, -0.05) is 86.6 Å². The number of Topliss-reactive ketones (excluding diaryl/α,β-unsaturated/α-hetero) is 1. The maximum Gasteiger partial charge on any atom is 0.329 e. The summed E-state index contributed by atoms with van der Waals surface area (Å²) in [7, 11) is 0. The molecule has 4 rings (SSSR count). The highest BCUT2D eigenvalue weighted by atomic mass is 16.5. The fourth-order valence-corrected chi connectivity index (χ4v) is 4.09. The number of rotatable bonds is 9. The second-order valence-corrected chi connectivity index (χ2v) is 8.60. The van der Waals surface area contributed by atoms with Gasteiger partial charge < -0.3 is 14.8 Å². The molecule has 0 unspecified atom stereocenters. The van der Waals surface area contributed by atoms with Crippen molar-refractivity contribution >= 4 is 5.78 Å². The highest BCUT2D eigenvalue weighted by molar-refractivity contribution is 5.85. The molecule has 2 N–H and O–H groups in total. The molecular formula is C28H28N2O4. The van der Waals surface area contributed by atoms with Crippen LogP contribution >= 0.6 is 0 Å². The molecule has 6 heteroatoms. The van der Waals surface area contributed by atoms with Crippen molar-refractivity contribution in [1.29, 1.82) is 0 Å². The fraction of sp³-hybridized carbons (Fsp3) is 0.214. The standard InChI is InChI=1S/C28H28N2O4/c1-19(2)26(25(31)17-20-9-5-3-6-10-20)30-27(32)24(29-28(30)33)18-34-23-15-13-22(14-16-23)21-11-7-4-8-12-21/h3-16,19,26,32H,17-18H2,1-2H3,(H,29,33)/t26-/m1/s1. The van der Waals surface area contributed by atoms with Gasteiger partial charge in [-0.15, -0.1) is 0 Å². The Morgan fingerprint density at radius 2 is 1.50 bits per heavy atom. The largest absolute Gasteiger partial charge is 0.493 e. The number of hydrogen-bond acceptors (Lipinski definition) is 4. The van der Waals surface area contributed by atoms with E-state index in [0.717, 1.165) is 21.3 Å². The van der Waals surface area contributed by atoms with Gasteiger partial charge in [-0.05, 0) is 34.7 Å². The summed E-state index contributed by atoms with van der Waals surface area (Å²) >= 11 is 0. The number of nitrogens with one attached hydrogen (secondary N) is 1. The van der Waals surface area contributed by atoms with E-state index in [2.05, 4.69) is 4.98 Å². The molecule has 0 amide bonds. The number of ketones is 1. The normalized spacial score (nSPS) is 12.0. The summed E-state index contributed by atoms with van der Waals surface area (Å²) in [4.78, 5) is 28.5. The van der Waals surface area contributed by atoms with Crippen molar-refractivity contribution in [2.24, 2.45) is 5.92 Å². The van der Waals surface area contributed by atoms with Gasteiger partial charge in [0.2, 0.25) is 5.88 Å². The number of carbonyl (C=O) groups excluding carboxylic acids is 1. The Morgan fingerprint density at radius 1 is 0.912 bits per heavy atom. The fourth-order valence-electron chi connectivity index (χ4n) is 4.09. The molecule has 0 aliphatic rings. The number of imidazole rings is 1. The minimum atomic E-state index is -0.789. The Labute approximate surface area is 198 Å². The van der Waals surface area contributed by atoms with Crippen LogP contribution in [0.5, 0.6) is 11.6 Å². The first-order valence-corrected chi connectivity index (χ1v) is 11.3. The Kier molecular flexibility index (Phi) is 6.97. The molecule has 174 valence electrons. The summed E-state index contributed by atoms with van der Waals surface area (Å²) in [6, 6.07) is 26.2. The summed E-state index contributed by atoms with van der Waals surface area (Å²) in [5.74, 6) is 0.00995. The van der Waals surface area contributed by atoms with E-state index in [1.54, 1.807) is 0 Å². The van der Waals surface area contributed by atoms with Crippen LogP contribution in [-0.2, 0) is 17.8 Å². The maximum absolute atomic E-state index is 13.1. The average molecular weight is 457 g/mol. The van der Waals surface area contributed by atoms with Crippen molar-refractivity contribution in [3.63, 3.8) is 0 Å². The molecule has 0 aliphatic carbocycles. The SMILES string of the molecule is CC(C)[C@H](C(=O)Cc1ccccc1)n1c(O)c(COc2ccc(-c3ccccc3)cc2)[nH]c1=O. The zero-order chi connectivity index (χ0) is 24.1. The quantitative estimate of drug-likeness (QED) is 0.365. The highest BCUT2D eigenvalue weighted by Gasteiger charge is 2.29. The van der Waals surface area contributed by atoms with Crippen LogP contribution in [0, 0.1) is 5.92 Å². The maximum atomic E-state index is 13.1. The van der Waals surface area contributed by atoms with Gasteiger partial charge in [0.05, 0.1) is 0 Å². The average Bonchev–Trinajstić information content (AvgIpc) is 3.12. The lowest BCUT2D eigenvalue weighted by Gasteiger charge is -2.21. The molecule has 3 aromatic carbocycles. The van der Waals surface area contributed by atoms with Gasteiger partial charge >= 0.3 is 5.69 Å². The lowest BCUT2D eigenvalue weighted by molar-refractivity contribution is -0.123. The highest BCUT2D eigenvalue weighted by Crippen LogP contribution is 2.27. The molecule has 1 aromatic heterocycles. The Balaban J connectivity index is 1.50. The summed E-state index contributed by atoms with van der Waals surface area (Å²) in [5, 5.41) is 10.8. The van der Waals surface area contributed by atoms with Crippen LogP contribution in [0.1, 0.15) is 31.1 Å². The van der Waals surface area contributed by atoms with Gasteiger partial charge in [0, 0.05) is 6.42 Å². The minimum Gasteiger partial charge on any atom is -0.493 e. The van der Waals surface area contributed by atoms with Crippen LogP contribution in [0.4, 0.5) is 0 Å². The number of aromatic nitrogens is 2. The Morgan fingerprint density at radius 3 is 2.12 bits per heavy atom. The van der Waals surface area contributed by atoms with Crippen molar-refractivity contribution in [1.82, 2.24) is 9.55 Å². The van der Waals surface area contributed by atoms with Gasteiger partial charge in [0.15, 0.2) is 5.78 Å². The van der Waals surface area contributed by atoms with Crippen LogP contribution in [0.3, 0.4) is 0 Å². The first-order chi connectivity index (χ1) is 16.4. The van der Waals surface area contributed by atoms with Crippen LogP contribution in [0.15, 0.2) is 89.7 Å². The van der Waals surface area contributed by atoms with Crippen molar-refractivity contribution in [2.75, 3.05) is 0 Å². The third-order valence-electron chi connectivity index (χ3n) is 5.78. The van der Waals surface area contributed by atoms with E-state index < -0.39 is 11.7 Å². The van der Waals surface area contributed by atoms with E-state index in [1.165, 1.54) is 0 Å². The van der Waals surface area contributed by atoms with Crippen molar-refractivity contribution in [2.45, 2.75) is 32.9 Å². The molecule has 0 bridgehead atoms. The van der Waals surface area contributed by atoms with Crippen molar-refractivity contribution in [3.8, 4) is 22.8 Å². The van der Waals surface area contributed by atoms with E-state index in [0.29, 0.717) is 5.75 Å². The Hall–Kier alpha value is -4.06. The van der Waals surface area contributed by atoms with Crippen molar-refractivity contribution in [3.05, 3.63) is 107 Å². The summed E-state index contributed by atoms with van der Waals surface area (Å²) in [6.07, 6.45) is 0.181. The second-order valence-electron chi connectivity index (χ2n) is 8.60. The molecule has 34 heavy (non-hydrogen) atoms. The summed E-state index contributed by atoms with van der Waals surface area (Å²) < 4.78 is 6.95. The third-order valence-corrected chi connectivity index (χ3v) is 5.78. The third kappa shape index (κ3) is 5.12. The minimum absolute atomic E-state index is 0.0313. The number of benzene rings is 3. The zero-order valence-corrected chi connectivity index (χ0v) is 19.3. The topological polar surface area (TPSA) is 84.3 Å². The molecule has 0 fully saturated rings. The lowest BCUT2D eigenvalue weighted by atomic mass is 9.95. The molecule has 0 aliphatic heterocycles. The van der Waals surface area contributed by atoms with Crippen LogP contribution in [0.25, 0.3) is 11.1 Å². The van der Waals surface area contributed by atoms with Gasteiger partial charge in [-0.3, -0.25) is 9.36 Å². The zero-order valence-electron chi connectivity index (χ0n) is 19.3. The summed E-state index contributed by atoms with van der Waals surface area (Å²) in [6.45, 7) is 3.68. The lowest BCUT2D eigenvalue weighted by Crippen LogP contribution is -2.32. The second kappa shape index (κ2) is 10.3. The van der Waals surface area contributed by atoms with E-state index in [9.17, 15) is 14.7 Å². The van der Waals surface area contributed by atoms with E-state index in [4.69, 9.17) is 4.74 Å². The molecule has 0 radical (unpaired) electrons. The number of aromatic amines is 1. The Bertz CT molecular complexity index is 1290. The number of H-pyrrole nitrogens is 1. The number of carbonyl (C=O) groups is 1. The number of hydrogen-bond donors (Lipinski definition) is 2. The molecule has 4 aromatic rings. The smallest absolute Gasteiger partial charge is 0.329 e. The van der Waals surface area contributed by atoms with Gasteiger partial charge in [0.25, 0.3) is 0 Å². The predicted molar refractivity (Wildman–Crippen MR) is 132 cm³/mol. The van der Waals surface area contributed by atoms with Crippen LogP contribution in [0.2, 0.25) is 0 Å². The van der Waals surface area contributed by atoms with Gasteiger partial charge in [0.1, 0.15) is 24.1 Å². The molecule has 6 nitrogen and oxygen atoms in total. The van der Waals surface area contributed by atoms with Gasteiger partial charge in [-0.25, -0.2) is 4.79 Å². The first-order valence-electron chi connectivity index (χ1n) is 11.3. The number of aromatic hydroxyl groups is 1. The molecule has 0 spiro atoms. The molecule has 1 atom stereocenters. The van der Waals surface area contributed by atoms with E-state index in [-0.39, 0.29) is 36.3 Å². The van der Waals surface area contributed by atoms with Gasteiger partial charge in [-0.2, -0.15) is 0 Å². The van der Waals surface area contributed by atoms with Crippen molar-refractivity contribution < 1.29 is 14.6 Å². The molecule has 1 heterocycles. The number of ether oxygens (including phenoxy) is 1. The monoisotopic (exact) mass is 456 g/mol. The van der Waals surface area contributed by atoms with Crippen LogP contribution in [-0.4, -0.2) is 20.4 Å².